The fourth-order valence-corrected chi connectivity index (χ4v) is 1.35. The zero-order valence-electron chi connectivity index (χ0n) is 7.81. The molecular formula is C10H12N3O+. The van der Waals surface area contributed by atoms with Gasteiger partial charge in [0.15, 0.2) is 11.8 Å². The van der Waals surface area contributed by atoms with Crippen LogP contribution in [-0.2, 0) is 11.3 Å². The fourth-order valence-electron chi connectivity index (χ4n) is 1.35. The summed E-state index contributed by atoms with van der Waals surface area (Å²) in [6, 6.07) is 10.2. The Morgan fingerprint density at radius 3 is 2.79 bits per heavy atom. The van der Waals surface area contributed by atoms with Crippen molar-refractivity contribution < 1.29 is 9.53 Å². The molecule has 14 heavy (non-hydrogen) atoms. The van der Waals surface area contributed by atoms with Crippen LogP contribution in [0, 0.1) is 5.41 Å². The highest BCUT2D eigenvalue weighted by molar-refractivity contribution is 5.73. The smallest absolute Gasteiger partial charge is 0.285 e. The second kappa shape index (κ2) is 4.00. The zero-order valence-corrected chi connectivity index (χ0v) is 7.81. The van der Waals surface area contributed by atoms with Crippen LogP contribution in [0.3, 0.4) is 0 Å². The molecule has 0 bridgehead atoms. The van der Waals surface area contributed by atoms with E-state index in [1.165, 1.54) is 5.56 Å². The first kappa shape index (κ1) is 8.87. The van der Waals surface area contributed by atoms with Gasteiger partial charge in [-0.25, -0.2) is 0 Å². The van der Waals surface area contributed by atoms with Crippen LogP contribution in [0.15, 0.2) is 35.6 Å². The summed E-state index contributed by atoms with van der Waals surface area (Å²) in [7, 11) is 0. The first-order chi connectivity index (χ1) is 6.84. The summed E-state index contributed by atoms with van der Waals surface area (Å²) in [5, 5.41) is 10.9. The van der Waals surface area contributed by atoms with Gasteiger partial charge < -0.3 is 0 Å². The molecule has 0 aliphatic carbocycles. The number of hydrogen-bond acceptors (Lipinski definition) is 3. The monoisotopic (exact) mass is 190 g/mol. The van der Waals surface area contributed by atoms with E-state index in [1.54, 1.807) is 4.70 Å². The largest absolute Gasteiger partial charge is 0.291 e. The third-order valence-corrected chi connectivity index (χ3v) is 2.09. The summed E-state index contributed by atoms with van der Waals surface area (Å²) in [5.74, 6) is 0.220. The SMILES string of the molecule is N=C1C[N+](CCc2ccccc2)=NO1. The Bertz CT molecular complexity index is 359. The summed E-state index contributed by atoms with van der Waals surface area (Å²) in [5.41, 5.74) is 1.28. The van der Waals surface area contributed by atoms with Crippen LogP contribution >= 0.6 is 0 Å². The number of rotatable bonds is 3. The predicted octanol–water partition coefficient (Wildman–Crippen LogP) is 1.62. The van der Waals surface area contributed by atoms with Gasteiger partial charge in [0.25, 0.3) is 5.90 Å². The van der Waals surface area contributed by atoms with E-state index in [9.17, 15) is 0 Å². The molecule has 1 aliphatic heterocycles. The van der Waals surface area contributed by atoms with Crippen LogP contribution in [0.2, 0.25) is 0 Å². The maximum Gasteiger partial charge on any atom is 0.291 e. The first-order valence-corrected chi connectivity index (χ1v) is 4.59. The lowest BCUT2D eigenvalue weighted by molar-refractivity contribution is -0.585. The van der Waals surface area contributed by atoms with Crippen molar-refractivity contribution in [3.05, 3.63) is 35.9 Å². The second-order valence-corrected chi connectivity index (χ2v) is 3.22. The minimum Gasteiger partial charge on any atom is -0.285 e. The van der Waals surface area contributed by atoms with Gasteiger partial charge in [-0.2, -0.15) is 0 Å². The van der Waals surface area contributed by atoms with Gasteiger partial charge in [0.05, 0.1) is 0 Å². The molecule has 0 saturated carbocycles. The minimum atomic E-state index is 0.220. The summed E-state index contributed by atoms with van der Waals surface area (Å²) in [6.07, 6.45) is 0.932. The Labute approximate surface area is 82.3 Å². The Morgan fingerprint density at radius 2 is 2.14 bits per heavy atom. The van der Waals surface area contributed by atoms with Gasteiger partial charge >= 0.3 is 0 Å². The molecule has 1 aliphatic rings. The Hall–Kier alpha value is -1.71. The van der Waals surface area contributed by atoms with Crippen LogP contribution in [0.25, 0.3) is 0 Å². The molecule has 1 heterocycles. The minimum absolute atomic E-state index is 0.220. The average Bonchev–Trinajstić information content (AvgIpc) is 2.63. The van der Waals surface area contributed by atoms with E-state index in [-0.39, 0.29) is 5.90 Å². The highest BCUT2D eigenvalue weighted by atomic mass is 16.7. The molecule has 72 valence electrons. The van der Waals surface area contributed by atoms with Crippen molar-refractivity contribution in [3.8, 4) is 0 Å². The van der Waals surface area contributed by atoms with E-state index in [0.29, 0.717) is 6.54 Å². The van der Waals surface area contributed by atoms with E-state index in [1.807, 2.05) is 18.2 Å². The lowest BCUT2D eigenvalue weighted by Gasteiger charge is -1.95. The molecule has 0 aromatic heterocycles. The van der Waals surface area contributed by atoms with E-state index < -0.39 is 0 Å². The number of benzene rings is 1. The molecule has 0 amide bonds. The van der Waals surface area contributed by atoms with Gasteiger partial charge in [-0.15, -0.1) is 0 Å². The lowest BCUT2D eigenvalue weighted by atomic mass is 10.1. The van der Waals surface area contributed by atoms with Crippen molar-refractivity contribution in [2.45, 2.75) is 6.42 Å². The summed E-state index contributed by atoms with van der Waals surface area (Å²) < 4.78 is 1.76. The Kier molecular flexibility index (Phi) is 2.53. The van der Waals surface area contributed by atoms with Crippen molar-refractivity contribution >= 4 is 5.90 Å². The summed E-state index contributed by atoms with van der Waals surface area (Å²) in [4.78, 5) is 4.69. The highest BCUT2D eigenvalue weighted by Crippen LogP contribution is 2.02. The number of hydrogen-bond donors (Lipinski definition) is 1. The van der Waals surface area contributed by atoms with Crippen LogP contribution in [0.4, 0.5) is 0 Å². The van der Waals surface area contributed by atoms with Crippen LogP contribution in [-0.4, -0.2) is 23.7 Å². The summed E-state index contributed by atoms with van der Waals surface area (Å²) >= 11 is 0. The molecule has 2 rings (SSSR count). The van der Waals surface area contributed by atoms with Crippen LogP contribution < -0.4 is 0 Å². The van der Waals surface area contributed by atoms with Gasteiger partial charge in [0, 0.05) is 6.42 Å². The molecule has 0 saturated heterocycles. The van der Waals surface area contributed by atoms with Crippen molar-refractivity contribution in [2.24, 2.45) is 5.28 Å². The third-order valence-electron chi connectivity index (χ3n) is 2.09. The normalized spacial score (nSPS) is 15.1. The molecule has 0 unspecified atom stereocenters. The molecule has 4 nitrogen and oxygen atoms in total. The van der Waals surface area contributed by atoms with E-state index in [2.05, 4.69) is 22.2 Å². The molecule has 0 radical (unpaired) electrons. The van der Waals surface area contributed by atoms with Gasteiger partial charge in [0.2, 0.25) is 6.54 Å². The molecule has 0 fully saturated rings. The number of nitrogens with one attached hydrogen (secondary N) is 1. The maximum absolute atomic E-state index is 7.20. The van der Waals surface area contributed by atoms with Crippen molar-refractivity contribution in [1.82, 2.24) is 0 Å². The highest BCUT2D eigenvalue weighted by Gasteiger charge is 2.20. The van der Waals surface area contributed by atoms with Gasteiger partial charge in [-0.05, 0) is 5.56 Å². The van der Waals surface area contributed by atoms with Crippen molar-refractivity contribution in [1.29, 1.82) is 5.41 Å². The molecular weight excluding hydrogens is 178 g/mol. The maximum atomic E-state index is 7.20. The molecule has 0 atom stereocenters. The van der Waals surface area contributed by atoms with E-state index in [4.69, 9.17) is 5.41 Å². The van der Waals surface area contributed by atoms with E-state index in [0.717, 1.165) is 13.0 Å². The van der Waals surface area contributed by atoms with Gasteiger partial charge in [0.1, 0.15) is 0 Å². The van der Waals surface area contributed by atoms with Crippen molar-refractivity contribution in [3.63, 3.8) is 0 Å². The fraction of sp³-hybridized carbons (Fsp3) is 0.300. The Morgan fingerprint density at radius 1 is 1.36 bits per heavy atom. The molecule has 1 N–H and O–H groups in total. The predicted molar refractivity (Wildman–Crippen MR) is 51.4 cm³/mol. The van der Waals surface area contributed by atoms with E-state index >= 15 is 0 Å². The summed E-state index contributed by atoms with van der Waals surface area (Å²) in [6.45, 7) is 1.29. The molecule has 0 spiro atoms. The van der Waals surface area contributed by atoms with Gasteiger partial charge in [-0.1, -0.05) is 35.0 Å². The average molecular weight is 190 g/mol. The molecule has 1 aromatic rings. The lowest BCUT2D eigenvalue weighted by Crippen LogP contribution is -2.14. The molecule has 1 aromatic carbocycles. The first-order valence-electron chi connectivity index (χ1n) is 4.59. The standard InChI is InChI=1S/C10H12N3O/c11-10-8-13(12-14-10)7-6-9-4-2-1-3-5-9/h1-5,11H,6-8H2/q+1. The zero-order chi connectivity index (χ0) is 9.80. The van der Waals surface area contributed by atoms with Crippen LogP contribution in [0.5, 0.6) is 0 Å². The van der Waals surface area contributed by atoms with Crippen molar-refractivity contribution in [2.75, 3.05) is 13.1 Å². The number of nitrogens with zero attached hydrogens (tertiary/aromatic N) is 2. The second-order valence-electron chi connectivity index (χ2n) is 3.22. The third kappa shape index (κ3) is 2.16. The quantitative estimate of drug-likeness (QED) is 0.723. The van der Waals surface area contributed by atoms with Crippen LogP contribution in [0.1, 0.15) is 5.56 Å². The topological polar surface area (TPSA) is 48.5 Å². The molecule has 4 heteroatoms. The van der Waals surface area contributed by atoms with Gasteiger partial charge in [-0.3, -0.25) is 10.2 Å². The Balaban J connectivity index is 1.86.